The number of carbonyl (C=O) groups excluding carboxylic acids is 3. The fraction of sp³-hybridized carbons (Fsp3) is 0.318. The number of rotatable bonds is 8. The Morgan fingerprint density at radius 1 is 0.900 bits per heavy atom. The summed E-state index contributed by atoms with van der Waals surface area (Å²) in [5, 5.41) is 2.53. The molecular formula is C22H27N3O5. The molecule has 160 valence electrons. The van der Waals surface area contributed by atoms with E-state index < -0.39 is 12.1 Å². The van der Waals surface area contributed by atoms with Crippen molar-refractivity contribution in [3.8, 4) is 0 Å². The second-order valence-corrected chi connectivity index (χ2v) is 6.81. The molecule has 0 aliphatic heterocycles. The second-order valence-electron chi connectivity index (χ2n) is 6.81. The van der Waals surface area contributed by atoms with E-state index >= 15 is 0 Å². The Labute approximate surface area is 176 Å². The smallest absolute Gasteiger partial charge is 0.411 e. The van der Waals surface area contributed by atoms with Crippen LogP contribution in [0, 0.1) is 0 Å². The van der Waals surface area contributed by atoms with E-state index in [1.165, 1.54) is 17.0 Å². The molecule has 0 spiro atoms. The Morgan fingerprint density at radius 3 is 2.10 bits per heavy atom. The van der Waals surface area contributed by atoms with Crippen LogP contribution in [0.5, 0.6) is 0 Å². The molecule has 0 fully saturated rings. The molecule has 2 aromatic carbocycles. The fourth-order valence-electron chi connectivity index (χ4n) is 2.56. The summed E-state index contributed by atoms with van der Waals surface area (Å²) in [5.41, 5.74) is 2.82. The third-order valence-electron chi connectivity index (χ3n) is 4.27. The molecule has 0 bridgehead atoms. The van der Waals surface area contributed by atoms with Gasteiger partial charge in [0.15, 0.2) is 6.61 Å². The molecule has 0 atom stereocenters. The number of nitrogens with one attached hydrogen (secondary N) is 1. The average Bonchev–Trinajstić information content (AvgIpc) is 2.72. The van der Waals surface area contributed by atoms with Gasteiger partial charge in [-0.25, -0.2) is 9.59 Å². The Balaban J connectivity index is 1.83. The molecule has 0 saturated carbocycles. The van der Waals surface area contributed by atoms with E-state index in [0.717, 1.165) is 11.3 Å². The zero-order valence-corrected chi connectivity index (χ0v) is 17.7. The lowest BCUT2D eigenvalue weighted by Crippen LogP contribution is -2.30. The first-order valence-electron chi connectivity index (χ1n) is 9.51. The summed E-state index contributed by atoms with van der Waals surface area (Å²) < 4.78 is 9.89. The maximum atomic E-state index is 12.3. The molecular weight excluding hydrogens is 386 g/mol. The van der Waals surface area contributed by atoms with E-state index in [9.17, 15) is 14.4 Å². The molecule has 8 heteroatoms. The first-order chi connectivity index (χ1) is 14.3. The van der Waals surface area contributed by atoms with Gasteiger partial charge in [-0.05, 0) is 48.9 Å². The van der Waals surface area contributed by atoms with Crippen LogP contribution in [-0.4, -0.2) is 57.2 Å². The molecule has 8 nitrogen and oxygen atoms in total. The number of likely N-dealkylation sites (N-methyl/N-ethyl adjacent to an activating group) is 1. The second kappa shape index (κ2) is 10.8. The number of esters is 1. The van der Waals surface area contributed by atoms with Crippen molar-refractivity contribution in [2.75, 3.05) is 44.6 Å². The van der Waals surface area contributed by atoms with E-state index in [1.807, 2.05) is 43.3 Å². The number of ether oxygens (including phenoxy) is 2. The van der Waals surface area contributed by atoms with Gasteiger partial charge in [0, 0.05) is 39.1 Å². The minimum absolute atomic E-state index is 0.264. The third kappa shape index (κ3) is 6.80. The number of hydrogen-bond donors (Lipinski definition) is 1. The van der Waals surface area contributed by atoms with Crippen LogP contribution >= 0.6 is 0 Å². The van der Waals surface area contributed by atoms with Crippen molar-refractivity contribution in [1.82, 2.24) is 4.90 Å². The third-order valence-corrected chi connectivity index (χ3v) is 4.27. The van der Waals surface area contributed by atoms with E-state index in [2.05, 4.69) is 5.32 Å². The highest BCUT2D eigenvalue weighted by atomic mass is 16.5. The molecule has 0 aliphatic rings. The normalized spacial score (nSPS) is 10.1. The summed E-state index contributed by atoms with van der Waals surface area (Å²) in [4.78, 5) is 39.3. The quantitative estimate of drug-likeness (QED) is 0.669. The van der Waals surface area contributed by atoms with Gasteiger partial charge in [-0.15, -0.1) is 0 Å². The molecule has 1 N–H and O–H groups in total. The van der Waals surface area contributed by atoms with Crippen molar-refractivity contribution in [1.29, 1.82) is 0 Å². The van der Waals surface area contributed by atoms with Crippen LogP contribution in [-0.2, 0) is 20.8 Å². The van der Waals surface area contributed by atoms with Crippen LogP contribution in [0.4, 0.5) is 16.2 Å². The summed E-state index contributed by atoms with van der Waals surface area (Å²) in [5.74, 6) is -0.921. The van der Waals surface area contributed by atoms with Crippen molar-refractivity contribution in [3.63, 3.8) is 0 Å². The number of hydrogen-bond acceptors (Lipinski definition) is 6. The van der Waals surface area contributed by atoms with E-state index in [4.69, 9.17) is 9.47 Å². The number of anilines is 2. The predicted molar refractivity (Wildman–Crippen MR) is 115 cm³/mol. The SMILES string of the molecule is CCOC(=O)Nc1ccc(C(=O)OCC(=O)N(C)Cc2ccc(N(C)C)cc2)cc1. The van der Waals surface area contributed by atoms with Gasteiger partial charge in [-0.1, -0.05) is 12.1 Å². The molecule has 0 aliphatic carbocycles. The van der Waals surface area contributed by atoms with Crippen molar-refractivity contribution < 1.29 is 23.9 Å². The topological polar surface area (TPSA) is 88.2 Å². The van der Waals surface area contributed by atoms with Gasteiger partial charge in [-0.2, -0.15) is 0 Å². The Bertz CT molecular complexity index is 863. The summed E-state index contributed by atoms with van der Waals surface area (Å²) >= 11 is 0. The van der Waals surface area contributed by atoms with E-state index in [0.29, 0.717) is 12.2 Å². The van der Waals surface area contributed by atoms with Crippen molar-refractivity contribution >= 4 is 29.3 Å². The van der Waals surface area contributed by atoms with Crippen LogP contribution in [0.15, 0.2) is 48.5 Å². The first kappa shape index (κ1) is 22.7. The summed E-state index contributed by atoms with van der Waals surface area (Å²) in [6, 6.07) is 14.0. The maximum absolute atomic E-state index is 12.3. The summed E-state index contributed by atoms with van der Waals surface area (Å²) in [6.45, 7) is 2.03. The first-order valence-corrected chi connectivity index (χ1v) is 9.51. The number of carbonyl (C=O) groups is 3. The molecule has 0 radical (unpaired) electrons. The van der Waals surface area contributed by atoms with Crippen LogP contribution in [0.25, 0.3) is 0 Å². The Hall–Kier alpha value is -3.55. The van der Waals surface area contributed by atoms with Gasteiger partial charge < -0.3 is 19.3 Å². The Kier molecular flexibility index (Phi) is 8.22. The summed E-state index contributed by atoms with van der Waals surface area (Å²) in [6.07, 6.45) is -0.571. The molecule has 2 amide bonds. The van der Waals surface area contributed by atoms with Crippen LogP contribution < -0.4 is 10.2 Å². The lowest BCUT2D eigenvalue weighted by atomic mass is 10.2. The zero-order valence-electron chi connectivity index (χ0n) is 17.7. The zero-order chi connectivity index (χ0) is 22.1. The number of amides is 2. The van der Waals surface area contributed by atoms with Crippen LogP contribution in [0.1, 0.15) is 22.8 Å². The number of benzene rings is 2. The maximum Gasteiger partial charge on any atom is 0.411 e. The Morgan fingerprint density at radius 2 is 1.53 bits per heavy atom. The largest absolute Gasteiger partial charge is 0.452 e. The van der Waals surface area contributed by atoms with Crippen molar-refractivity contribution in [2.24, 2.45) is 0 Å². The van der Waals surface area contributed by atoms with Gasteiger partial charge in [0.1, 0.15) is 0 Å². The predicted octanol–water partition coefficient (Wildman–Crippen LogP) is 3.14. The molecule has 0 unspecified atom stereocenters. The molecule has 2 aromatic rings. The van der Waals surface area contributed by atoms with Crippen molar-refractivity contribution in [2.45, 2.75) is 13.5 Å². The minimum atomic E-state index is -0.616. The van der Waals surface area contributed by atoms with Gasteiger partial charge in [0.2, 0.25) is 0 Å². The highest BCUT2D eigenvalue weighted by Crippen LogP contribution is 2.14. The van der Waals surface area contributed by atoms with Gasteiger partial charge in [0.25, 0.3) is 5.91 Å². The number of nitrogens with zero attached hydrogens (tertiary/aromatic N) is 2. The molecule has 0 saturated heterocycles. The monoisotopic (exact) mass is 413 g/mol. The van der Waals surface area contributed by atoms with Crippen molar-refractivity contribution in [3.05, 3.63) is 59.7 Å². The van der Waals surface area contributed by atoms with E-state index in [-0.39, 0.29) is 24.7 Å². The standard InChI is InChI=1S/C22H27N3O5/c1-5-29-22(28)23-18-10-8-17(9-11-18)21(27)30-15-20(26)25(4)14-16-6-12-19(13-7-16)24(2)3/h6-13H,5,14-15H2,1-4H3,(H,23,28). The molecule has 0 heterocycles. The molecule has 30 heavy (non-hydrogen) atoms. The highest BCUT2D eigenvalue weighted by molar-refractivity contribution is 5.92. The summed E-state index contributed by atoms with van der Waals surface area (Å²) in [7, 11) is 5.58. The van der Waals surface area contributed by atoms with E-state index in [1.54, 1.807) is 26.1 Å². The van der Waals surface area contributed by atoms with Crippen LogP contribution in [0.2, 0.25) is 0 Å². The highest BCUT2D eigenvalue weighted by Gasteiger charge is 2.14. The fourth-order valence-corrected chi connectivity index (χ4v) is 2.56. The van der Waals surface area contributed by atoms with Gasteiger partial charge >= 0.3 is 12.1 Å². The van der Waals surface area contributed by atoms with Gasteiger partial charge in [0.05, 0.1) is 12.2 Å². The minimum Gasteiger partial charge on any atom is -0.452 e. The molecule has 2 rings (SSSR count). The van der Waals surface area contributed by atoms with Crippen LogP contribution in [0.3, 0.4) is 0 Å². The van der Waals surface area contributed by atoms with Gasteiger partial charge in [-0.3, -0.25) is 10.1 Å². The lowest BCUT2D eigenvalue weighted by molar-refractivity contribution is -0.133. The average molecular weight is 413 g/mol. The lowest BCUT2D eigenvalue weighted by Gasteiger charge is -2.18. The molecule has 0 aromatic heterocycles.